The van der Waals surface area contributed by atoms with Gasteiger partial charge in [0.1, 0.15) is 10.8 Å². The Labute approximate surface area is 131 Å². The van der Waals surface area contributed by atoms with Crippen molar-refractivity contribution in [3.63, 3.8) is 0 Å². The number of anilines is 2. The van der Waals surface area contributed by atoms with Crippen molar-refractivity contribution in [3.05, 3.63) is 58.3 Å². The highest BCUT2D eigenvalue weighted by molar-refractivity contribution is 9.10. The highest BCUT2D eigenvalue weighted by atomic mass is 79.9. The van der Waals surface area contributed by atoms with Crippen LogP contribution in [0.25, 0.3) is 0 Å². The lowest BCUT2D eigenvalue weighted by atomic mass is 10.1. The van der Waals surface area contributed by atoms with E-state index in [-0.39, 0.29) is 5.82 Å². The van der Waals surface area contributed by atoms with Crippen LogP contribution < -0.4 is 10.6 Å². The first-order chi connectivity index (χ1) is 9.52. The summed E-state index contributed by atoms with van der Waals surface area (Å²) in [6.45, 7) is 2.80. The molecule has 0 atom stereocenters. The Kier molecular flexibility index (Phi) is 4.73. The van der Waals surface area contributed by atoms with Gasteiger partial charge in [0.15, 0.2) is 0 Å². The number of hydrogen-bond acceptors (Lipinski definition) is 2. The van der Waals surface area contributed by atoms with Gasteiger partial charge in [-0.2, -0.15) is 0 Å². The number of rotatable bonds is 4. The molecule has 2 aromatic carbocycles. The van der Waals surface area contributed by atoms with Gasteiger partial charge in [-0.05, 0) is 65.3 Å². The highest BCUT2D eigenvalue weighted by Gasteiger charge is 2.12. The summed E-state index contributed by atoms with van der Waals surface area (Å²) in [5.74, 6) is -0.243. The first-order valence-corrected chi connectivity index (χ1v) is 7.35. The van der Waals surface area contributed by atoms with Gasteiger partial charge in [0.25, 0.3) is 0 Å². The van der Waals surface area contributed by atoms with E-state index < -0.39 is 0 Å². The fraction of sp³-hybridized carbons (Fsp3) is 0.133. The minimum Gasteiger partial charge on any atom is -0.389 e. The summed E-state index contributed by atoms with van der Waals surface area (Å²) in [6.07, 6.45) is 0. The van der Waals surface area contributed by atoms with Crippen molar-refractivity contribution in [2.24, 2.45) is 5.73 Å². The number of nitrogens with two attached hydrogens (primary N) is 1. The third-order valence-corrected chi connectivity index (χ3v) is 3.85. The van der Waals surface area contributed by atoms with Crippen LogP contribution >= 0.6 is 28.1 Å². The summed E-state index contributed by atoms with van der Waals surface area (Å²) in [6, 6.07) is 12.1. The lowest BCUT2D eigenvalue weighted by Gasteiger charge is -2.25. The first-order valence-electron chi connectivity index (χ1n) is 6.15. The van der Waals surface area contributed by atoms with Crippen LogP contribution in [0.3, 0.4) is 0 Å². The zero-order chi connectivity index (χ0) is 14.7. The molecular formula is C15H14BrFN2S. The molecule has 0 bridgehead atoms. The van der Waals surface area contributed by atoms with Gasteiger partial charge >= 0.3 is 0 Å². The van der Waals surface area contributed by atoms with E-state index in [0.717, 1.165) is 28.0 Å². The number of thiocarbonyl (C=S) groups is 1. The lowest BCUT2D eigenvalue weighted by molar-refractivity contribution is 0.628. The molecule has 2 aromatic rings. The van der Waals surface area contributed by atoms with Gasteiger partial charge in [-0.3, -0.25) is 0 Å². The van der Waals surface area contributed by atoms with E-state index in [4.69, 9.17) is 18.0 Å². The van der Waals surface area contributed by atoms with E-state index in [2.05, 4.69) is 20.8 Å². The summed E-state index contributed by atoms with van der Waals surface area (Å²) in [7, 11) is 0. The molecule has 2 N–H and O–H groups in total. The zero-order valence-corrected chi connectivity index (χ0v) is 13.3. The monoisotopic (exact) mass is 352 g/mol. The zero-order valence-electron chi connectivity index (χ0n) is 10.9. The second-order valence-corrected chi connectivity index (χ2v) is 5.55. The molecule has 2 nitrogen and oxygen atoms in total. The maximum Gasteiger partial charge on any atom is 0.123 e. The van der Waals surface area contributed by atoms with Crippen LogP contribution in [0, 0.1) is 5.82 Å². The molecule has 0 aliphatic carbocycles. The average Bonchev–Trinajstić information content (AvgIpc) is 2.43. The molecule has 0 aliphatic heterocycles. The van der Waals surface area contributed by atoms with Crippen molar-refractivity contribution in [1.29, 1.82) is 0 Å². The average molecular weight is 353 g/mol. The molecule has 0 spiro atoms. The fourth-order valence-corrected chi connectivity index (χ4v) is 2.71. The van der Waals surface area contributed by atoms with E-state index in [1.807, 2.05) is 25.1 Å². The molecular weight excluding hydrogens is 339 g/mol. The Morgan fingerprint density at radius 3 is 2.40 bits per heavy atom. The molecule has 0 saturated heterocycles. The van der Waals surface area contributed by atoms with Gasteiger partial charge in [0, 0.05) is 22.3 Å². The summed E-state index contributed by atoms with van der Waals surface area (Å²) in [5.41, 5.74) is 8.35. The topological polar surface area (TPSA) is 29.3 Å². The summed E-state index contributed by atoms with van der Waals surface area (Å²) in [4.78, 5) is 2.44. The second-order valence-electron chi connectivity index (χ2n) is 4.25. The third-order valence-electron chi connectivity index (χ3n) is 2.98. The highest BCUT2D eigenvalue weighted by Crippen LogP contribution is 2.32. The molecule has 0 amide bonds. The Balaban J connectivity index is 2.41. The van der Waals surface area contributed by atoms with Crippen molar-refractivity contribution in [3.8, 4) is 0 Å². The van der Waals surface area contributed by atoms with E-state index in [1.165, 1.54) is 12.1 Å². The van der Waals surface area contributed by atoms with Crippen molar-refractivity contribution >= 4 is 44.5 Å². The summed E-state index contributed by atoms with van der Waals surface area (Å²) in [5, 5.41) is 0. The largest absolute Gasteiger partial charge is 0.389 e. The van der Waals surface area contributed by atoms with Crippen LogP contribution in [-0.2, 0) is 0 Å². The molecule has 0 radical (unpaired) electrons. The molecule has 5 heteroatoms. The van der Waals surface area contributed by atoms with Gasteiger partial charge in [0.2, 0.25) is 0 Å². The van der Waals surface area contributed by atoms with Crippen LogP contribution in [0.2, 0.25) is 0 Å². The van der Waals surface area contributed by atoms with Crippen molar-refractivity contribution in [2.45, 2.75) is 6.92 Å². The molecule has 2 rings (SSSR count). The normalized spacial score (nSPS) is 10.3. The minimum absolute atomic E-state index is 0.243. The molecule has 0 aliphatic rings. The van der Waals surface area contributed by atoms with Gasteiger partial charge < -0.3 is 10.6 Å². The molecule has 20 heavy (non-hydrogen) atoms. The van der Waals surface area contributed by atoms with Gasteiger partial charge in [-0.25, -0.2) is 4.39 Å². The van der Waals surface area contributed by atoms with E-state index in [1.54, 1.807) is 12.1 Å². The maximum absolute atomic E-state index is 13.0. The standard InChI is InChI=1S/C15H14BrFN2S/c1-2-19(12-6-4-11(17)5-7-12)14-8-3-10(15(18)20)9-13(14)16/h3-9H,2H2,1H3,(H2,18,20). The Morgan fingerprint density at radius 1 is 1.25 bits per heavy atom. The quantitative estimate of drug-likeness (QED) is 0.827. The molecule has 0 heterocycles. The number of hydrogen-bond donors (Lipinski definition) is 1. The smallest absolute Gasteiger partial charge is 0.123 e. The molecule has 0 unspecified atom stereocenters. The van der Waals surface area contributed by atoms with Gasteiger partial charge in [0.05, 0.1) is 5.69 Å². The third kappa shape index (κ3) is 3.16. The summed E-state index contributed by atoms with van der Waals surface area (Å²) >= 11 is 8.51. The molecule has 0 aromatic heterocycles. The van der Waals surface area contributed by atoms with Crippen LogP contribution in [0.4, 0.5) is 15.8 Å². The van der Waals surface area contributed by atoms with Crippen LogP contribution in [0.1, 0.15) is 12.5 Å². The molecule has 0 saturated carbocycles. The van der Waals surface area contributed by atoms with Gasteiger partial charge in [-0.15, -0.1) is 0 Å². The maximum atomic E-state index is 13.0. The lowest BCUT2D eigenvalue weighted by Crippen LogP contribution is -2.17. The Bertz CT molecular complexity index is 628. The van der Waals surface area contributed by atoms with Crippen molar-refractivity contribution in [1.82, 2.24) is 0 Å². The summed E-state index contributed by atoms with van der Waals surface area (Å²) < 4.78 is 13.9. The molecule has 0 fully saturated rings. The van der Waals surface area contributed by atoms with Gasteiger partial charge in [-0.1, -0.05) is 12.2 Å². The van der Waals surface area contributed by atoms with Crippen molar-refractivity contribution < 1.29 is 4.39 Å². The van der Waals surface area contributed by atoms with Crippen LogP contribution in [0.5, 0.6) is 0 Å². The van der Waals surface area contributed by atoms with E-state index >= 15 is 0 Å². The second kappa shape index (κ2) is 6.33. The number of nitrogens with zero attached hydrogens (tertiary/aromatic N) is 1. The first kappa shape index (κ1) is 14.9. The van der Waals surface area contributed by atoms with Crippen LogP contribution in [0.15, 0.2) is 46.9 Å². The minimum atomic E-state index is -0.243. The van der Waals surface area contributed by atoms with Crippen LogP contribution in [-0.4, -0.2) is 11.5 Å². The Hall–Kier alpha value is -1.46. The predicted octanol–water partition coefficient (Wildman–Crippen LogP) is 4.38. The molecule has 104 valence electrons. The number of halogens is 2. The predicted molar refractivity (Wildman–Crippen MR) is 89.1 cm³/mol. The van der Waals surface area contributed by atoms with E-state index in [0.29, 0.717) is 4.99 Å². The number of benzene rings is 2. The van der Waals surface area contributed by atoms with Crippen molar-refractivity contribution in [2.75, 3.05) is 11.4 Å². The Morgan fingerprint density at radius 2 is 1.90 bits per heavy atom. The SMILES string of the molecule is CCN(c1ccc(F)cc1)c1ccc(C(N)=S)cc1Br. The van der Waals surface area contributed by atoms with E-state index in [9.17, 15) is 4.39 Å². The fourth-order valence-electron chi connectivity index (χ4n) is 1.99.